The van der Waals surface area contributed by atoms with Crippen LogP contribution in [0.15, 0.2) is 0 Å². The third-order valence-corrected chi connectivity index (χ3v) is 2.29. The standard InChI is InChI=1S/C8H14O3/c1-6(8(9)10)7-3-2-4-11-5-7/h6-7H,2-5H2,1H3,(H,9,10). The molecule has 1 fully saturated rings. The number of carbonyl (C=O) groups is 1. The van der Waals surface area contributed by atoms with Gasteiger partial charge in [0, 0.05) is 6.61 Å². The smallest absolute Gasteiger partial charge is 0.306 e. The molecule has 3 nitrogen and oxygen atoms in total. The van der Waals surface area contributed by atoms with Crippen LogP contribution in [0.4, 0.5) is 0 Å². The van der Waals surface area contributed by atoms with Gasteiger partial charge in [-0.05, 0) is 18.8 Å². The SMILES string of the molecule is CC(C(=O)O)C1CCCOC1. The fourth-order valence-corrected chi connectivity index (χ4v) is 1.36. The van der Waals surface area contributed by atoms with Crippen molar-refractivity contribution in [2.24, 2.45) is 11.8 Å². The van der Waals surface area contributed by atoms with Gasteiger partial charge in [-0.3, -0.25) is 4.79 Å². The summed E-state index contributed by atoms with van der Waals surface area (Å²) < 4.78 is 5.19. The average Bonchev–Trinajstić information content (AvgIpc) is 2.05. The molecule has 2 atom stereocenters. The van der Waals surface area contributed by atoms with Crippen molar-refractivity contribution >= 4 is 5.97 Å². The lowest BCUT2D eigenvalue weighted by molar-refractivity contribution is -0.144. The van der Waals surface area contributed by atoms with E-state index in [1.54, 1.807) is 6.92 Å². The largest absolute Gasteiger partial charge is 0.481 e. The molecule has 0 saturated carbocycles. The van der Waals surface area contributed by atoms with E-state index in [4.69, 9.17) is 9.84 Å². The van der Waals surface area contributed by atoms with Gasteiger partial charge in [0.05, 0.1) is 12.5 Å². The van der Waals surface area contributed by atoms with E-state index in [0.717, 1.165) is 19.4 Å². The van der Waals surface area contributed by atoms with Crippen LogP contribution in [0, 0.1) is 11.8 Å². The summed E-state index contributed by atoms with van der Waals surface area (Å²) in [5, 5.41) is 8.68. The third-order valence-electron chi connectivity index (χ3n) is 2.29. The van der Waals surface area contributed by atoms with Gasteiger partial charge in [0.2, 0.25) is 0 Å². The summed E-state index contributed by atoms with van der Waals surface area (Å²) in [7, 11) is 0. The van der Waals surface area contributed by atoms with E-state index in [0.29, 0.717) is 6.61 Å². The Balaban J connectivity index is 2.38. The Labute approximate surface area is 66.4 Å². The number of carboxylic acid groups (broad SMARTS) is 1. The first-order valence-electron chi connectivity index (χ1n) is 4.02. The maximum atomic E-state index is 10.5. The highest BCUT2D eigenvalue weighted by Crippen LogP contribution is 2.21. The first-order chi connectivity index (χ1) is 5.22. The Morgan fingerprint density at radius 2 is 2.45 bits per heavy atom. The maximum Gasteiger partial charge on any atom is 0.306 e. The number of carboxylic acids is 1. The molecule has 0 aliphatic carbocycles. The van der Waals surface area contributed by atoms with E-state index in [1.807, 2.05) is 0 Å². The lowest BCUT2D eigenvalue weighted by atomic mass is 9.89. The van der Waals surface area contributed by atoms with Gasteiger partial charge in [0.1, 0.15) is 0 Å². The molecule has 11 heavy (non-hydrogen) atoms. The summed E-state index contributed by atoms with van der Waals surface area (Å²) in [5.41, 5.74) is 0. The van der Waals surface area contributed by atoms with Gasteiger partial charge in [0.15, 0.2) is 0 Å². The molecule has 3 heteroatoms. The monoisotopic (exact) mass is 158 g/mol. The molecule has 1 aliphatic rings. The molecule has 0 radical (unpaired) electrons. The number of hydrogen-bond acceptors (Lipinski definition) is 2. The normalized spacial score (nSPS) is 27.9. The van der Waals surface area contributed by atoms with Crippen LogP contribution >= 0.6 is 0 Å². The van der Waals surface area contributed by atoms with Gasteiger partial charge < -0.3 is 9.84 Å². The summed E-state index contributed by atoms with van der Waals surface area (Å²) in [4.78, 5) is 10.5. The molecule has 0 spiro atoms. The third kappa shape index (κ3) is 2.19. The van der Waals surface area contributed by atoms with Crippen molar-refractivity contribution in [2.75, 3.05) is 13.2 Å². The summed E-state index contributed by atoms with van der Waals surface area (Å²) in [6.07, 6.45) is 2.00. The van der Waals surface area contributed by atoms with E-state index >= 15 is 0 Å². The van der Waals surface area contributed by atoms with Crippen LogP contribution in [0.5, 0.6) is 0 Å². The van der Waals surface area contributed by atoms with Crippen molar-refractivity contribution in [3.8, 4) is 0 Å². The van der Waals surface area contributed by atoms with Gasteiger partial charge >= 0.3 is 5.97 Å². The second-order valence-corrected chi connectivity index (χ2v) is 3.10. The lowest BCUT2D eigenvalue weighted by Crippen LogP contribution is -2.28. The van der Waals surface area contributed by atoms with Crippen LogP contribution in [-0.4, -0.2) is 24.3 Å². The van der Waals surface area contributed by atoms with Gasteiger partial charge in [-0.15, -0.1) is 0 Å². The number of hydrogen-bond donors (Lipinski definition) is 1. The van der Waals surface area contributed by atoms with Crippen molar-refractivity contribution in [1.82, 2.24) is 0 Å². The Bertz CT molecular complexity index is 138. The fourth-order valence-electron chi connectivity index (χ4n) is 1.36. The van der Waals surface area contributed by atoms with Gasteiger partial charge in [-0.25, -0.2) is 0 Å². The first-order valence-corrected chi connectivity index (χ1v) is 4.02. The minimum atomic E-state index is -0.708. The summed E-state index contributed by atoms with van der Waals surface area (Å²) >= 11 is 0. The first kappa shape index (κ1) is 8.53. The molecule has 1 saturated heterocycles. The molecule has 1 rings (SSSR count). The summed E-state index contributed by atoms with van der Waals surface area (Å²) in [6.45, 7) is 3.16. The summed E-state index contributed by atoms with van der Waals surface area (Å²) in [5.74, 6) is -0.739. The van der Waals surface area contributed by atoms with E-state index < -0.39 is 5.97 Å². The van der Waals surface area contributed by atoms with E-state index in [2.05, 4.69) is 0 Å². The molecule has 0 amide bonds. The Kier molecular flexibility index (Phi) is 2.88. The van der Waals surface area contributed by atoms with E-state index in [-0.39, 0.29) is 11.8 Å². The van der Waals surface area contributed by atoms with Crippen molar-refractivity contribution in [3.63, 3.8) is 0 Å². The van der Waals surface area contributed by atoms with Crippen LogP contribution in [-0.2, 0) is 9.53 Å². The Hall–Kier alpha value is -0.570. The second-order valence-electron chi connectivity index (χ2n) is 3.10. The van der Waals surface area contributed by atoms with Gasteiger partial charge in [0.25, 0.3) is 0 Å². The van der Waals surface area contributed by atoms with Crippen LogP contribution in [0.2, 0.25) is 0 Å². The molecular formula is C8H14O3. The number of rotatable bonds is 2. The second kappa shape index (κ2) is 3.72. The average molecular weight is 158 g/mol. The molecule has 0 aromatic carbocycles. The number of aliphatic carboxylic acids is 1. The molecule has 1 aliphatic heterocycles. The highest BCUT2D eigenvalue weighted by Gasteiger charge is 2.25. The molecule has 0 aromatic heterocycles. The van der Waals surface area contributed by atoms with Crippen molar-refractivity contribution < 1.29 is 14.6 Å². The molecule has 0 bridgehead atoms. The van der Waals surface area contributed by atoms with Crippen LogP contribution in [0.3, 0.4) is 0 Å². The minimum Gasteiger partial charge on any atom is -0.481 e. The number of ether oxygens (including phenoxy) is 1. The Morgan fingerprint density at radius 1 is 1.73 bits per heavy atom. The Morgan fingerprint density at radius 3 is 2.91 bits per heavy atom. The van der Waals surface area contributed by atoms with Crippen LogP contribution < -0.4 is 0 Å². The van der Waals surface area contributed by atoms with Gasteiger partial charge in [-0.2, -0.15) is 0 Å². The van der Waals surface area contributed by atoms with E-state index in [9.17, 15) is 4.79 Å². The highest BCUT2D eigenvalue weighted by atomic mass is 16.5. The molecule has 2 unspecified atom stereocenters. The predicted octanol–water partition coefficient (Wildman–Crippen LogP) is 1.13. The topological polar surface area (TPSA) is 46.5 Å². The quantitative estimate of drug-likeness (QED) is 0.655. The molecule has 64 valence electrons. The molecule has 1 N–H and O–H groups in total. The zero-order chi connectivity index (χ0) is 8.27. The van der Waals surface area contributed by atoms with Crippen LogP contribution in [0.1, 0.15) is 19.8 Å². The van der Waals surface area contributed by atoms with Gasteiger partial charge in [-0.1, -0.05) is 6.92 Å². The predicted molar refractivity (Wildman–Crippen MR) is 40.3 cm³/mol. The molecular weight excluding hydrogens is 144 g/mol. The molecule has 1 heterocycles. The van der Waals surface area contributed by atoms with Crippen molar-refractivity contribution in [2.45, 2.75) is 19.8 Å². The fraction of sp³-hybridized carbons (Fsp3) is 0.875. The summed E-state index contributed by atoms with van der Waals surface area (Å²) in [6, 6.07) is 0. The van der Waals surface area contributed by atoms with Crippen molar-refractivity contribution in [3.05, 3.63) is 0 Å². The van der Waals surface area contributed by atoms with Crippen molar-refractivity contribution in [1.29, 1.82) is 0 Å². The highest BCUT2D eigenvalue weighted by molar-refractivity contribution is 5.69. The zero-order valence-corrected chi connectivity index (χ0v) is 6.75. The van der Waals surface area contributed by atoms with E-state index in [1.165, 1.54) is 0 Å². The maximum absolute atomic E-state index is 10.5. The zero-order valence-electron chi connectivity index (χ0n) is 6.75. The van der Waals surface area contributed by atoms with Crippen LogP contribution in [0.25, 0.3) is 0 Å². The lowest BCUT2D eigenvalue weighted by Gasteiger charge is -2.24. The molecule has 0 aromatic rings. The minimum absolute atomic E-state index is 0.223.